The molecule has 156 valence electrons. The summed E-state index contributed by atoms with van der Waals surface area (Å²) in [6, 6.07) is 9.22. The number of aromatic carboxylic acids is 1. The summed E-state index contributed by atoms with van der Waals surface area (Å²) in [5.74, 6) is 0.658. The van der Waals surface area contributed by atoms with Gasteiger partial charge in [0.2, 0.25) is 0 Å². The highest BCUT2D eigenvalue weighted by atomic mass is 32.2. The van der Waals surface area contributed by atoms with Gasteiger partial charge in [0.05, 0.1) is 21.0 Å². The molecule has 2 aromatic rings. The third-order valence-corrected chi connectivity index (χ3v) is 7.86. The summed E-state index contributed by atoms with van der Waals surface area (Å²) < 4.78 is 50.6. The highest BCUT2D eigenvalue weighted by Gasteiger charge is 2.21. The van der Waals surface area contributed by atoms with Crippen molar-refractivity contribution in [3.63, 3.8) is 0 Å². The fourth-order valence-corrected chi connectivity index (χ4v) is 5.51. The molecule has 29 heavy (non-hydrogen) atoms. The van der Waals surface area contributed by atoms with Gasteiger partial charge < -0.3 is 10.0 Å². The van der Waals surface area contributed by atoms with Crippen molar-refractivity contribution in [3.8, 4) is 0 Å². The number of sulfonamides is 1. The van der Waals surface area contributed by atoms with Gasteiger partial charge in [-0.15, -0.1) is 0 Å². The molecule has 0 spiro atoms. The molecule has 11 heteroatoms. The topological polar surface area (TPSA) is 121 Å². The van der Waals surface area contributed by atoms with Crippen LogP contribution in [0.4, 0.5) is 11.4 Å². The molecule has 0 aromatic heterocycles. The lowest BCUT2D eigenvalue weighted by Gasteiger charge is -2.29. The van der Waals surface area contributed by atoms with Crippen LogP contribution in [0.3, 0.4) is 0 Å². The van der Waals surface area contributed by atoms with E-state index in [1.165, 1.54) is 36.4 Å². The van der Waals surface area contributed by atoms with Crippen LogP contribution in [0, 0.1) is 0 Å². The molecule has 8 nitrogen and oxygen atoms in total. The molecule has 0 amide bonds. The van der Waals surface area contributed by atoms with Crippen LogP contribution in [0.2, 0.25) is 0 Å². The Morgan fingerprint density at radius 1 is 1.00 bits per heavy atom. The van der Waals surface area contributed by atoms with E-state index in [9.17, 15) is 26.7 Å². The summed E-state index contributed by atoms with van der Waals surface area (Å²) in [7, 11) is -7.45. The minimum absolute atomic E-state index is 0.00802. The lowest BCUT2D eigenvalue weighted by molar-refractivity contribution is 0.0697. The fourth-order valence-electron chi connectivity index (χ4n) is 2.93. The third-order valence-electron chi connectivity index (χ3n) is 4.39. The van der Waals surface area contributed by atoms with Crippen molar-refractivity contribution in [1.29, 1.82) is 0 Å². The standard InChI is InChI=1S/C18H20N2O6S3/c1-28(23,24)14-3-5-15(6-4-14)29(25,26)19-13-2-7-17(16(12-13)18(21)22)20-8-10-27-11-9-20/h2-7,12,19H,8-11H2,1H3,(H,21,22). The van der Waals surface area contributed by atoms with Gasteiger partial charge in [-0.25, -0.2) is 21.6 Å². The Morgan fingerprint density at radius 2 is 1.59 bits per heavy atom. The zero-order valence-electron chi connectivity index (χ0n) is 15.5. The number of sulfone groups is 1. The van der Waals surface area contributed by atoms with Gasteiger partial charge >= 0.3 is 5.97 Å². The molecule has 1 aliphatic heterocycles. The van der Waals surface area contributed by atoms with Gasteiger partial charge in [-0.1, -0.05) is 0 Å². The number of rotatable bonds is 6. The van der Waals surface area contributed by atoms with Gasteiger partial charge in [-0.3, -0.25) is 4.72 Å². The molecular weight excluding hydrogens is 436 g/mol. The first kappa shape index (κ1) is 21.5. The molecule has 1 heterocycles. The zero-order valence-corrected chi connectivity index (χ0v) is 18.0. The molecule has 2 N–H and O–H groups in total. The number of nitrogens with one attached hydrogen (secondary N) is 1. The van der Waals surface area contributed by atoms with Crippen molar-refractivity contribution in [2.24, 2.45) is 0 Å². The van der Waals surface area contributed by atoms with E-state index < -0.39 is 25.8 Å². The van der Waals surface area contributed by atoms with Crippen molar-refractivity contribution in [2.45, 2.75) is 9.79 Å². The van der Waals surface area contributed by atoms with Crippen LogP contribution in [0.25, 0.3) is 0 Å². The van der Waals surface area contributed by atoms with Crippen LogP contribution in [0.5, 0.6) is 0 Å². The first-order valence-electron chi connectivity index (χ1n) is 8.61. The van der Waals surface area contributed by atoms with E-state index >= 15 is 0 Å². The Morgan fingerprint density at radius 3 is 2.14 bits per heavy atom. The van der Waals surface area contributed by atoms with Crippen molar-refractivity contribution < 1.29 is 26.7 Å². The summed E-state index contributed by atoms with van der Waals surface area (Å²) in [5.41, 5.74) is 0.688. The fraction of sp³-hybridized carbons (Fsp3) is 0.278. The van der Waals surface area contributed by atoms with Crippen LogP contribution in [-0.2, 0) is 19.9 Å². The van der Waals surface area contributed by atoms with Crippen LogP contribution in [0.15, 0.2) is 52.3 Å². The van der Waals surface area contributed by atoms with Gasteiger partial charge in [-0.2, -0.15) is 11.8 Å². The van der Waals surface area contributed by atoms with Crippen molar-refractivity contribution in [2.75, 3.05) is 40.5 Å². The molecule has 2 aromatic carbocycles. The molecule has 1 aliphatic rings. The molecule has 0 unspecified atom stereocenters. The van der Waals surface area contributed by atoms with Gasteiger partial charge in [0.25, 0.3) is 10.0 Å². The van der Waals surface area contributed by atoms with E-state index in [1.54, 1.807) is 17.8 Å². The van der Waals surface area contributed by atoms with Crippen molar-refractivity contribution in [1.82, 2.24) is 0 Å². The number of nitrogens with zero attached hydrogens (tertiary/aromatic N) is 1. The number of carbonyl (C=O) groups is 1. The Bertz CT molecular complexity index is 1120. The van der Waals surface area contributed by atoms with Crippen molar-refractivity contribution >= 4 is 49.0 Å². The monoisotopic (exact) mass is 456 g/mol. The van der Waals surface area contributed by atoms with Crippen LogP contribution < -0.4 is 9.62 Å². The summed E-state index contributed by atoms with van der Waals surface area (Å²) in [6.07, 6.45) is 1.03. The first-order chi connectivity index (χ1) is 13.6. The van der Waals surface area contributed by atoms with E-state index in [0.717, 1.165) is 30.9 Å². The highest BCUT2D eigenvalue weighted by Crippen LogP contribution is 2.28. The maximum atomic E-state index is 12.6. The SMILES string of the molecule is CS(=O)(=O)c1ccc(S(=O)(=O)Nc2ccc(N3CCSCC3)c(C(=O)O)c2)cc1. The van der Waals surface area contributed by atoms with E-state index in [4.69, 9.17) is 0 Å². The Balaban J connectivity index is 1.88. The Hall–Kier alpha value is -2.24. The third kappa shape index (κ3) is 5.03. The average Bonchev–Trinajstić information content (AvgIpc) is 2.68. The maximum absolute atomic E-state index is 12.6. The molecule has 0 radical (unpaired) electrons. The summed E-state index contributed by atoms with van der Waals surface area (Å²) in [4.78, 5) is 13.6. The molecule has 3 rings (SSSR count). The quantitative estimate of drug-likeness (QED) is 0.678. The molecular formula is C18H20N2O6S3. The lowest BCUT2D eigenvalue weighted by atomic mass is 10.1. The molecule has 0 atom stereocenters. The molecule has 1 fully saturated rings. The second-order valence-corrected chi connectivity index (χ2v) is 11.4. The van der Waals surface area contributed by atoms with Crippen LogP contribution >= 0.6 is 11.8 Å². The number of benzene rings is 2. The first-order valence-corrected chi connectivity index (χ1v) is 13.1. The second kappa shape index (κ2) is 8.25. The summed E-state index contributed by atoms with van der Waals surface area (Å²) >= 11 is 1.80. The number of hydrogen-bond donors (Lipinski definition) is 2. The van der Waals surface area contributed by atoms with Crippen LogP contribution in [0.1, 0.15) is 10.4 Å². The number of hydrogen-bond acceptors (Lipinski definition) is 7. The number of carboxylic acid groups (broad SMARTS) is 1. The van der Waals surface area contributed by atoms with E-state index in [2.05, 4.69) is 4.72 Å². The largest absolute Gasteiger partial charge is 0.478 e. The van der Waals surface area contributed by atoms with E-state index in [-0.39, 0.29) is 21.0 Å². The van der Waals surface area contributed by atoms with Gasteiger partial charge in [0.1, 0.15) is 0 Å². The van der Waals surface area contributed by atoms with E-state index in [0.29, 0.717) is 5.69 Å². The minimum atomic E-state index is -4.01. The smallest absolute Gasteiger partial charge is 0.337 e. The normalized spacial score (nSPS) is 15.1. The average molecular weight is 457 g/mol. The summed E-state index contributed by atoms with van der Waals surface area (Å²) in [5, 5.41) is 9.58. The molecule has 0 aliphatic carbocycles. The minimum Gasteiger partial charge on any atom is -0.478 e. The summed E-state index contributed by atoms with van der Waals surface area (Å²) in [6.45, 7) is 1.45. The second-order valence-electron chi connectivity index (χ2n) is 6.49. The highest BCUT2D eigenvalue weighted by molar-refractivity contribution is 7.99. The Labute approximate surface area is 173 Å². The number of thioether (sulfide) groups is 1. The lowest BCUT2D eigenvalue weighted by Crippen LogP contribution is -2.33. The Kier molecular flexibility index (Phi) is 6.11. The number of anilines is 2. The zero-order chi connectivity index (χ0) is 21.2. The molecule has 0 saturated carbocycles. The predicted octanol–water partition coefficient (Wildman–Crippen LogP) is 2.14. The van der Waals surface area contributed by atoms with Gasteiger partial charge in [0.15, 0.2) is 9.84 Å². The predicted molar refractivity (Wildman–Crippen MR) is 113 cm³/mol. The van der Waals surface area contributed by atoms with Gasteiger partial charge in [0, 0.05) is 36.5 Å². The molecule has 1 saturated heterocycles. The maximum Gasteiger partial charge on any atom is 0.337 e. The number of carboxylic acids is 1. The molecule has 0 bridgehead atoms. The van der Waals surface area contributed by atoms with E-state index in [1.807, 2.05) is 4.90 Å². The van der Waals surface area contributed by atoms with Crippen molar-refractivity contribution in [3.05, 3.63) is 48.0 Å². The van der Waals surface area contributed by atoms with Gasteiger partial charge in [-0.05, 0) is 42.5 Å². The van der Waals surface area contributed by atoms with Crippen LogP contribution in [-0.4, -0.2) is 58.8 Å².